The summed E-state index contributed by atoms with van der Waals surface area (Å²) in [5.74, 6) is 0.313. The van der Waals surface area contributed by atoms with E-state index in [-0.39, 0.29) is 4.90 Å². The number of benzene rings is 4. The van der Waals surface area contributed by atoms with Crippen molar-refractivity contribution < 1.29 is 12.6 Å². The van der Waals surface area contributed by atoms with Crippen LogP contribution in [0.3, 0.4) is 0 Å². The number of hydrogen-bond acceptors (Lipinski definition) is 5. The highest BCUT2D eigenvalue weighted by Crippen LogP contribution is 2.38. The van der Waals surface area contributed by atoms with Crippen molar-refractivity contribution in [2.45, 2.75) is 31.4 Å². The van der Waals surface area contributed by atoms with Crippen LogP contribution in [0.1, 0.15) is 5.56 Å². The molecule has 3 nitrogen and oxygen atoms in total. The summed E-state index contributed by atoms with van der Waals surface area (Å²) in [4.78, 5) is 3.50. The van der Waals surface area contributed by atoms with Gasteiger partial charge in [-0.2, -0.15) is 8.42 Å². The van der Waals surface area contributed by atoms with Gasteiger partial charge in [0.2, 0.25) is 0 Å². The fourth-order valence-corrected chi connectivity index (χ4v) is 6.26. The first kappa shape index (κ1) is 21.6. The molecule has 0 bridgehead atoms. The molecule has 0 atom stereocenters. The quantitative estimate of drug-likeness (QED) is 0.274. The first-order valence-electron chi connectivity index (χ1n) is 9.61. The SMILES string of the molecule is Cc1ccc(S(=O)(=O)Oc2ccccc2Sc2ccccc2)c(Sc2ccccc2)c1. The second-order valence-corrected chi connectivity index (χ2v) is 10.5. The van der Waals surface area contributed by atoms with Gasteiger partial charge in [0.15, 0.2) is 5.75 Å². The van der Waals surface area contributed by atoms with Crippen LogP contribution in [0.5, 0.6) is 5.75 Å². The molecule has 4 aromatic rings. The van der Waals surface area contributed by atoms with Crippen molar-refractivity contribution in [2.24, 2.45) is 0 Å². The number of aryl methyl sites for hydroxylation is 1. The highest BCUT2D eigenvalue weighted by atomic mass is 32.2. The van der Waals surface area contributed by atoms with E-state index < -0.39 is 10.1 Å². The average Bonchev–Trinajstić information content (AvgIpc) is 2.76. The largest absolute Gasteiger partial charge is 0.378 e. The minimum Gasteiger partial charge on any atom is -0.378 e. The van der Waals surface area contributed by atoms with Gasteiger partial charge in [-0.1, -0.05) is 78.1 Å². The fraction of sp³-hybridized carbons (Fsp3) is 0.0400. The zero-order chi connectivity index (χ0) is 21.7. The zero-order valence-corrected chi connectivity index (χ0v) is 19.2. The lowest BCUT2D eigenvalue weighted by molar-refractivity contribution is 0.478. The van der Waals surface area contributed by atoms with E-state index in [1.54, 1.807) is 24.3 Å². The Bertz CT molecular complexity index is 1270. The summed E-state index contributed by atoms with van der Waals surface area (Å²) in [5.41, 5.74) is 0.984. The smallest absolute Gasteiger partial charge is 0.340 e. The normalized spacial score (nSPS) is 11.3. The predicted molar refractivity (Wildman–Crippen MR) is 127 cm³/mol. The van der Waals surface area contributed by atoms with E-state index in [1.807, 2.05) is 85.8 Å². The first-order valence-corrected chi connectivity index (χ1v) is 12.7. The Morgan fingerprint density at radius 2 is 1.19 bits per heavy atom. The molecule has 0 spiro atoms. The fourth-order valence-electron chi connectivity index (χ4n) is 2.90. The van der Waals surface area contributed by atoms with Crippen molar-refractivity contribution in [3.05, 3.63) is 109 Å². The summed E-state index contributed by atoms with van der Waals surface area (Å²) < 4.78 is 32.2. The molecule has 0 saturated carbocycles. The van der Waals surface area contributed by atoms with Gasteiger partial charge in [-0.05, 0) is 61.0 Å². The summed E-state index contributed by atoms with van der Waals surface area (Å²) in [7, 11) is -4.03. The molecule has 6 heteroatoms. The molecule has 0 unspecified atom stereocenters. The second kappa shape index (κ2) is 9.64. The number of hydrogen-bond donors (Lipinski definition) is 0. The molecule has 0 radical (unpaired) electrons. The Morgan fingerprint density at radius 1 is 0.645 bits per heavy atom. The molecule has 0 aromatic heterocycles. The highest BCUT2D eigenvalue weighted by Gasteiger charge is 2.23. The minimum absolute atomic E-state index is 0.159. The van der Waals surface area contributed by atoms with Crippen LogP contribution in [-0.2, 0) is 10.1 Å². The van der Waals surface area contributed by atoms with Crippen LogP contribution in [-0.4, -0.2) is 8.42 Å². The van der Waals surface area contributed by atoms with Gasteiger partial charge in [0.1, 0.15) is 4.90 Å². The standard InChI is InChI=1S/C25H20O3S3/c1-19-16-17-25(24(18-19)30-21-12-6-3-7-13-21)31(26,27)28-22-14-8-9-15-23(22)29-20-10-4-2-5-11-20/h2-18H,1H3. The molecule has 0 aliphatic carbocycles. The highest BCUT2D eigenvalue weighted by molar-refractivity contribution is 8.00. The van der Waals surface area contributed by atoms with E-state index in [9.17, 15) is 8.42 Å². The first-order chi connectivity index (χ1) is 15.0. The van der Waals surface area contributed by atoms with Gasteiger partial charge in [-0.3, -0.25) is 0 Å². The molecule has 156 valence electrons. The molecular weight excluding hydrogens is 444 g/mol. The number of rotatable bonds is 7. The molecule has 0 fully saturated rings. The van der Waals surface area contributed by atoms with Crippen molar-refractivity contribution in [3.8, 4) is 5.75 Å². The summed E-state index contributed by atoms with van der Waals surface area (Å²) in [6.07, 6.45) is 0. The van der Waals surface area contributed by atoms with Gasteiger partial charge in [-0.25, -0.2) is 0 Å². The Balaban J connectivity index is 1.66. The third kappa shape index (κ3) is 5.53. The lowest BCUT2D eigenvalue weighted by atomic mass is 10.2. The summed E-state index contributed by atoms with van der Waals surface area (Å²) in [6, 6.07) is 31.9. The van der Waals surface area contributed by atoms with Crippen LogP contribution in [0.15, 0.2) is 128 Å². The van der Waals surface area contributed by atoms with Crippen LogP contribution in [0.25, 0.3) is 0 Å². The lowest BCUT2D eigenvalue weighted by Crippen LogP contribution is -2.11. The van der Waals surface area contributed by atoms with Crippen molar-refractivity contribution >= 4 is 33.6 Å². The van der Waals surface area contributed by atoms with Crippen LogP contribution < -0.4 is 4.18 Å². The van der Waals surface area contributed by atoms with E-state index in [0.717, 1.165) is 20.2 Å². The van der Waals surface area contributed by atoms with Crippen LogP contribution in [0.4, 0.5) is 0 Å². The van der Waals surface area contributed by atoms with E-state index in [4.69, 9.17) is 4.18 Å². The Labute approximate surface area is 191 Å². The Hall–Kier alpha value is -2.67. The van der Waals surface area contributed by atoms with Gasteiger partial charge < -0.3 is 4.18 Å². The van der Waals surface area contributed by atoms with Crippen LogP contribution >= 0.6 is 23.5 Å². The molecule has 0 heterocycles. The molecule has 0 saturated heterocycles. The van der Waals surface area contributed by atoms with E-state index in [0.29, 0.717) is 10.6 Å². The van der Waals surface area contributed by atoms with Gasteiger partial charge >= 0.3 is 10.1 Å². The van der Waals surface area contributed by atoms with Crippen molar-refractivity contribution in [1.29, 1.82) is 0 Å². The third-order valence-corrected chi connectivity index (χ3v) is 7.91. The zero-order valence-electron chi connectivity index (χ0n) is 16.8. The summed E-state index contributed by atoms with van der Waals surface area (Å²) >= 11 is 2.87. The number of para-hydroxylation sites is 1. The van der Waals surface area contributed by atoms with Gasteiger partial charge in [0, 0.05) is 14.7 Å². The van der Waals surface area contributed by atoms with Crippen LogP contribution in [0, 0.1) is 6.92 Å². The topological polar surface area (TPSA) is 43.4 Å². The van der Waals surface area contributed by atoms with Gasteiger partial charge in [0.25, 0.3) is 0 Å². The maximum atomic E-state index is 13.3. The third-order valence-electron chi connectivity index (χ3n) is 4.36. The summed E-state index contributed by atoms with van der Waals surface area (Å²) in [5, 5.41) is 0. The monoisotopic (exact) mass is 464 g/mol. The summed E-state index contributed by atoms with van der Waals surface area (Å²) in [6.45, 7) is 1.94. The van der Waals surface area contributed by atoms with Gasteiger partial charge in [0.05, 0.1) is 4.90 Å². The average molecular weight is 465 g/mol. The predicted octanol–water partition coefficient (Wildman–Crippen LogP) is 7.07. The maximum Gasteiger partial charge on any atom is 0.340 e. The lowest BCUT2D eigenvalue weighted by Gasteiger charge is -2.14. The maximum absolute atomic E-state index is 13.3. The van der Waals surface area contributed by atoms with E-state index >= 15 is 0 Å². The van der Waals surface area contributed by atoms with Crippen molar-refractivity contribution in [3.63, 3.8) is 0 Å². The van der Waals surface area contributed by atoms with E-state index in [1.165, 1.54) is 23.5 Å². The molecule has 0 aliphatic heterocycles. The molecule has 4 aromatic carbocycles. The second-order valence-electron chi connectivity index (χ2n) is 6.76. The molecule has 4 rings (SSSR count). The molecule has 31 heavy (non-hydrogen) atoms. The molecule has 0 aliphatic rings. The molecule has 0 N–H and O–H groups in total. The van der Waals surface area contributed by atoms with Gasteiger partial charge in [-0.15, -0.1) is 0 Å². The van der Waals surface area contributed by atoms with Crippen molar-refractivity contribution in [2.75, 3.05) is 0 Å². The van der Waals surface area contributed by atoms with Crippen molar-refractivity contribution in [1.82, 2.24) is 0 Å². The molecular formula is C25H20O3S3. The van der Waals surface area contributed by atoms with Crippen LogP contribution in [0.2, 0.25) is 0 Å². The van der Waals surface area contributed by atoms with E-state index in [2.05, 4.69) is 0 Å². The Kier molecular flexibility index (Phi) is 6.70. The molecule has 0 amide bonds. The minimum atomic E-state index is -4.03. The Morgan fingerprint density at radius 3 is 1.84 bits per heavy atom.